The molecule has 0 fully saturated rings. The van der Waals surface area contributed by atoms with Crippen LogP contribution in [0.3, 0.4) is 0 Å². The Labute approximate surface area is 283 Å². The number of anilines is 1. The van der Waals surface area contributed by atoms with E-state index in [-0.39, 0.29) is 6.04 Å². The zero-order valence-corrected chi connectivity index (χ0v) is 27.2. The highest BCUT2D eigenvalue weighted by molar-refractivity contribution is 9.10. The quantitative estimate of drug-likeness (QED) is 0.183. The van der Waals surface area contributed by atoms with Crippen molar-refractivity contribution in [1.82, 2.24) is 0 Å². The Morgan fingerprint density at radius 2 is 1.19 bits per heavy atom. The highest BCUT2D eigenvalue weighted by Crippen LogP contribution is 2.63. The van der Waals surface area contributed by atoms with E-state index in [1.54, 1.807) is 0 Å². The molecule has 3 heteroatoms. The van der Waals surface area contributed by atoms with Gasteiger partial charge in [-0.2, -0.15) is 0 Å². The second-order valence-electron chi connectivity index (χ2n) is 12.7. The molecule has 0 bridgehead atoms. The Morgan fingerprint density at radius 1 is 0.574 bits per heavy atom. The summed E-state index contributed by atoms with van der Waals surface area (Å²) >= 11 is 3.84. The van der Waals surface area contributed by atoms with Crippen molar-refractivity contribution in [2.24, 2.45) is 4.99 Å². The molecule has 3 aliphatic carbocycles. The van der Waals surface area contributed by atoms with Gasteiger partial charge in [-0.05, 0) is 86.8 Å². The first-order chi connectivity index (χ1) is 23.2. The molecule has 1 aliphatic heterocycles. The fourth-order valence-corrected chi connectivity index (χ4v) is 8.87. The lowest BCUT2D eigenvalue weighted by Crippen LogP contribution is -2.29. The zero-order valence-electron chi connectivity index (χ0n) is 25.6. The molecule has 6 aromatic rings. The van der Waals surface area contributed by atoms with Crippen molar-refractivity contribution in [3.63, 3.8) is 0 Å². The van der Waals surface area contributed by atoms with Crippen LogP contribution in [0.15, 0.2) is 173 Å². The zero-order chi connectivity index (χ0) is 31.1. The van der Waals surface area contributed by atoms with Gasteiger partial charge in [-0.3, -0.25) is 9.89 Å². The summed E-state index contributed by atoms with van der Waals surface area (Å²) < 4.78 is 1.10. The van der Waals surface area contributed by atoms with Gasteiger partial charge in [0.05, 0.1) is 17.1 Å². The number of halogens is 1. The monoisotopic (exact) mass is 664 g/mol. The van der Waals surface area contributed by atoms with Crippen LogP contribution in [-0.2, 0) is 5.41 Å². The number of aliphatic imine (C=N–C) groups is 1. The van der Waals surface area contributed by atoms with Crippen molar-refractivity contribution in [3.05, 3.63) is 196 Å². The molecule has 1 unspecified atom stereocenters. The van der Waals surface area contributed by atoms with Crippen LogP contribution in [0.25, 0.3) is 33.4 Å². The van der Waals surface area contributed by atoms with Crippen LogP contribution in [0.5, 0.6) is 0 Å². The van der Waals surface area contributed by atoms with Gasteiger partial charge in [0.15, 0.2) is 0 Å². The van der Waals surface area contributed by atoms with Crippen molar-refractivity contribution in [2.75, 3.05) is 4.90 Å². The SMILES string of the molecule is Brc1ccc2c(c1)C1(c3ccccc3-c3ccccc31)c1cc(-c3ccccc3N3C4=CC=CCC4N=C3c3ccccc3)ccc1-2. The molecule has 0 N–H and O–H groups in total. The third-order valence-electron chi connectivity index (χ3n) is 10.4. The first-order valence-electron chi connectivity index (χ1n) is 16.3. The largest absolute Gasteiger partial charge is 0.296 e. The van der Waals surface area contributed by atoms with Gasteiger partial charge in [0.1, 0.15) is 5.84 Å². The molecule has 1 heterocycles. The lowest BCUT2D eigenvalue weighted by atomic mass is 9.70. The predicted molar refractivity (Wildman–Crippen MR) is 197 cm³/mol. The number of fused-ring (bicyclic) bond motifs is 11. The number of amidine groups is 1. The van der Waals surface area contributed by atoms with Gasteiger partial charge in [0.2, 0.25) is 0 Å². The summed E-state index contributed by atoms with van der Waals surface area (Å²) in [4.78, 5) is 7.69. The second kappa shape index (κ2) is 10.1. The van der Waals surface area contributed by atoms with E-state index in [0.717, 1.165) is 28.0 Å². The van der Waals surface area contributed by atoms with Crippen LogP contribution in [0.1, 0.15) is 34.2 Å². The van der Waals surface area contributed by atoms with Crippen molar-refractivity contribution >= 4 is 27.5 Å². The molecule has 10 rings (SSSR count). The smallest absolute Gasteiger partial charge is 0.140 e. The normalized spacial score (nSPS) is 17.5. The van der Waals surface area contributed by atoms with Crippen LogP contribution in [0, 0.1) is 0 Å². The molecule has 1 spiro atoms. The molecule has 0 aromatic heterocycles. The van der Waals surface area contributed by atoms with Crippen LogP contribution < -0.4 is 4.90 Å². The van der Waals surface area contributed by atoms with Gasteiger partial charge in [0, 0.05) is 21.3 Å². The van der Waals surface area contributed by atoms with Crippen LogP contribution >= 0.6 is 15.9 Å². The topological polar surface area (TPSA) is 15.6 Å². The first kappa shape index (κ1) is 26.9. The number of rotatable bonds is 3. The third kappa shape index (κ3) is 3.69. The minimum Gasteiger partial charge on any atom is -0.296 e. The molecule has 222 valence electrons. The lowest BCUT2D eigenvalue weighted by Gasteiger charge is -2.31. The summed E-state index contributed by atoms with van der Waals surface area (Å²) in [5, 5.41) is 0. The van der Waals surface area contributed by atoms with E-state index in [9.17, 15) is 0 Å². The maximum absolute atomic E-state index is 5.29. The van der Waals surface area contributed by atoms with Gasteiger partial charge < -0.3 is 0 Å². The molecule has 47 heavy (non-hydrogen) atoms. The van der Waals surface area contributed by atoms with E-state index in [0.29, 0.717) is 0 Å². The molecule has 0 saturated carbocycles. The van der Waals surface area contributed by atoms with Crippen molar-refractivity contribution in [3.8, 4) is 33.4 Å². The second-order valence-corrected chi connectivity index (χ2v) is 13.6. The Hall–Kier alpha value is -5.25. The number of benzene rings is 6. The highest BCUT2D eigenvalue weighted by atomic mass is 79.9. The number of para-hydroxylation sites is 1. The Morgan fingerprint density at radius 3 is 1.96 bits per heavy atom. The Balaban J connectivity index is 1.22. The molecule has 6 aromatic carbocycles. The van der Waals surface area contributed by atoms with E-state index in [2.05, 4.69) is 179 Å². The summed E-state index contributed by atoms with van der Waals surface area (Å²) in [6.07, 6.45) is 7.55. The minimum atomic E-state index is -0.404. The van der Waals surface area contributed by atoms with Gasteiger partial charge in [-0.25, -0.2) is 0 Å². The maximum atomic E-state index is 5.29. The van der Waals surface area contributed by atoms with Gasteiger partial charge in [-0.1, -0.05) is 143 Å². The summed E-state index contributed by atoms with van der Waals surface area (Å²) in [6, 6.07) is 51.5. The Kier molecular flexibility index (Phi) is 5.80. The average molecular weight is 666 g/mol. The molecule has 4 aliphatic rings. The molecule has 0 radical (unpaired) electrons. The van der Waals surface area contributed by atoms with E-state index < -0.39 is 5.41 Å². The highest BCUT2D eigenvalue weighted by Gasteiger charge is 2.51. The van der Waals surface area contributed by atoms with Crippen LogP contribution in [0.4, 0.5) is 5.69 Å². The standard InChI is InChI=1S/C44H29BrN2/c45-30-23-25-35-34-24-22-29(26-38(34)44(39(35)27-30)36-17-7-4-15-32(36)33-16-5-8-18-37(33)44)31-14-6-10-20-41(31)47-42-21-11-9-19-40(42)46-43(47)28-12-2-1-3-13-28/h1-18,20-27,40H,19H2. The summed E-state index contributed by atoms with van der Waals surface area (Å²) in [5.41, 5.74) is 16.1. The van der Waals surface area contributed by atoms with Crippen molar-refractivity contribution in [1.29, 1.82) is 0 Å². The fourth-order valence-electron chi connectivity index (χ4n) is 8.51. The molecule has 0 saturated heterocycles. The predicted octanol–water partition coefficient (Wildman–Crippen LogP) is 10.9. The summed E-state index contributed by atoms with van der Waals surface area (Å²) in [6.45, 7) is 0. The number of allylic oxidation sites excluding steroid dienone is 2. The third-order valence-corrected chi connectivity index (χ3v) is 10.9. The Bertz CT molecular complexity index is 2320. The van der Waals surface area contributed by atoms with Gasteiger partial charge in [0.25, 0.3) is 0 Å². The average Bonchev–Trinajstić information content (AvgIpc) is 3.76. The molecule has 2 nitrogen and oxygen atoms in total. The van der Waals surface area contributed by atoms with E-state index >= 15 is 0 Å². The molecule has 0 amide bonds. The van der Waals surface area contributed by atoms with E-state index in [1.807, 2.05) is 0 Å². The van der Waals surface area contributed by atoms with Gasteiger partial charge in [-0.15, -0.1) is 0 Å². The summed E-state index contributed by atoms with van der Waals surface area (Å²) in [5.74, 6) is 1.01. The van der Waals surface area contributed by atoms with Crippen LogP contribution in [0.2, 0.25) is 0 Å². The number of hydrogen-bond acceptors (Lipinski definition) is 2. The van der Waals surface area contributed by atoms with E-state index in [1.165, 1.54) is 61.3 Å². The van der Waals surface area contributed by atoms with Crippen molar-refractivity contribution < 1.29 is 0 Å². The maximum Gasteiger partial charge on any atom is 0.140 e. The molecular weight excluding hydrogens is 636 g/mol. The van der Waals surface area contributed by atoms with E-state index in [4.69, 9.17) is 4.99 Å². The number of nitrogens with zero attached hydrogens (tertiary/aromatic N) is 2. The minimum absolute atomic E-state index is 0.117. The molecule has 1 atom stereocenters. The first-order valence-corrected chi connectivity index (χ1v) is 17.1. The van der Waals surface area contributed by atoms with Crippen LogP contribution in [-0.4, -0.2) is 11.9 Å². The number of hydrogen-bond donors (Lipinski definition) is 0. The fraction of sp³-hybridized carbons (Fsp3) is 0.0682. The van der Waals surface area contributed by atoms with Crippen molar-refractivity contribution in [2.45, 2.75) is 17.9 Å². The lowest BCUT2D eigenvalue weighted by molar-refractivity contribution is 0.793. The molecular formula is C44H29BrN2. The summed E-state index contributed by atoms with van der Waals surface area (Å²) in [7, 11) is 0. The van der Waals surface area contributed by atoms with Gasteiger partial charge >= 0.3 is 0 Å².